The summed E-state index contributed by atoms with van der Waals surface area (Å²) < 4.78 is 5.60. The number of hydrogen-bond acceptors (Lipinski definition) is 6. The van der Waals surface area contributed by atoms with Crippen LogP contribution in [0.2, 0.25) is 0 Å². The molecule has 8 heteroatoms. The molecule has 5 N–H and O–H groups in total. The number of hydrogen-bond donors (Lipinski definition) is 3. The van der Waals surface area contributed by atoms with Crippen molar-refractivity contribution >= 4 is 35.0 Å². The van der Waals surface area contributed by atoms with E-state index in [0.717, 1.165) is 27.0 Å². The Morgan fingerprint density at radius 1 is 0.767 bits per heavy atom. The summed E-state index contributed by atoms with van der Waals surface area (Å²) in [4.78, 5) is 7.80. The number of pyridine rings is 2. The Balaban J connectivity index is 0.000000167. The van der Waals surface area contributed by atoms with E-state index in [9.17, 15) is 0 Å². The molecule has 0 saturated heterocycles. The zero-order chi connectivity index (χ0) is 21.6. The van der Waals surface area contributed by atoms with Crippen LogP contribution in [0.15, 0.2) is 102 Å². The summed E-state index contributed by atoms with van der Waals surface area (Å²) >= 11 is 3.28. The summed E-state index contributed by atoms with van der Waals surface area (Å²) in [6.45, 7) is 0. The van der Waals surface area contributed by atoms with Gasteiger partial charge in [0.15, 0.2) is 0 Å². The average Bonchev–Trinajstić information content (AvgIpc) is 2.76. The highest BCUT2D eigenvalue weighted by atomic mass is 79.9. The second kappa shape index (κ2) is 13.0. The first-order chi connectivity index (χ1) is 14.6. The van der Waals surface area contributed by atoms with Crippen LogP contribution >= 0.6 is 15.9 Å². The molecule has 0 atom stereocenters. The molecule has 0 amide bonds. The Kier molecular flexibility index (Phi) is 9.92. The van der Waals surface area contributed by atoms with Gasteiger partial charge < -0.3 is 21.1 Å². The van der Waals surface area contributed by atoms with Gasteiger partial charge in [-0.15, -0.1) is 0 Å². The number of benzene rings is 2. The lowest BCUT2D eigenvalue weighted by molar-refractivity contribution is 0.452. The van der Waals surface area contributed by atoms with Gasteiger partial charge in [-0.2, -0.15) is 0 Å². The normalized spacial score (nSPS) is 9.27. The van der Waals surface area contributed by atoms with Gasteiger partial charge in [0.25, 0.3) is 0 Å². The Morgan fingerprint density at radius 2 is 1.40 bits per heavy atom. The summed E-state index contributed by atoms with van der Waals surface area (Å²) in [5, 5.41) is 8.14. The van der Waals surface area contributed by atoms with Crippen LogP contribution in [0.4, 0.5) is 11.4 Å². The van der Waals surface area contributed by atoms with E-state index in [1.165, 1.54) is 6.20 Å². The predicted molar refractivity (Wildman–Crippen MR) is 125 cm³/mol. The lowest BCUT2D eigenvalue weighted by Crippen LogP contribution is -1.99. The quantitative estimate of drug-likeness (QED) is 0.308. The molecular formula is C22H21BBrN4O2. The third-order valence-corrected chi connectivity index (χ3v) is 4.05. The molecule has 0 aliphatic heterocycles. The fourth-order valence-electron chi connectivity index (χ4n) is 2.24. The maximum atomic E-state index is 8.14. The minimum Gasteiger partial charge on any atom is -0.536 e. The van der Waals surface area contributed by atoms with Crippen LogP contribution in [-0.4, -0.2) is 22.7 Å². The molecule has 4 rings (SSSR count). The second-order valence-electron chi connectivity index (χ2n) is 5.83. The Morgan fingerprint density at radius 3 is 1.90 bits per heavy atom. The van der Waals surface area contributed by atoms with Crippen molar-refractivity contribution in [1.29, 1.82) is 0 Å². The van der Waals surface area contributed by atoms with E-state index in [4.69, 9.17) is 16.5 Å². The third-order valence-electron chi connectivity index (χ3n) is 3.55. The highest BCUT2D eigenvalue weighted by Crippen LogP contribution is 2.19. The van der Waals surface area contributed by atoms with E-state index in [2.05, 4.69) is 30.6 Å². The zero-order valence-electron chi connectivity index (χ0n) is 16.1. The minimum atomic E-state index is 0.528. The monoisotopic (exact) mass is 463 g/mol. The summed E-state index contributed by atoms with van der Waals surface area (Å²) in [5.74, 6) is 0.528. The molecule has 1 radical (unpaired) electrons. The fourth-order valence-corrected chi connectivity index (χ4v) is 2.65. The molecule has 4 aromatic rings. The van der Waals surface area contributed by atoms with Gasteiger partial charge in [-0.3, -0.25) is 9.97 Å². The van der Waals surface area contributed by atoms with Crippen molar-refractivity contribution < 1.29 is 9.68 Å². The zero-order valence-corrected chi connectivity index (χ0v) is 17.7. The van der Waals surface area contributed by atoms with Crippen LogP contribution in [0.3, 0.4) is 0 Å². The van der Waals surface area contributed by atoms with Crippen molar-refractivity contribution in [3.8, 4) is 16.9 Å². The summed E-state index contributed by atoms with van der Waals surface area (Å²) in [6, 6.07) is 22.7. The number of rotatable bonds is 3. The van der Waals surface area contributed by atoms with Gasteiger partial charge in [-0.1, -0.05) is 40.2 Å². The molecule has 6 nitrogen and oxygen atoms in total. The first-order valence-corrected chi connectivity index (χ1v) is 9.67. The van der Waals surface area contributed by atoms with E-state index < -0.39 is 0 Å². The van der Waals surface area contributed by atoms with E-state index in [1.807, 2.05) is 66.9 Å². The summed E-state index contributed by atoms with van der Waals surface area (Å²) in [6.07, 6.45) is 6.72. The number of anilines is 2. The second-order valence-corrected chi connectivity index (χ2v) is 6.75. The summed E-state index contributed by atoms with van der Waals surface area (Å²) in [5.41, 5.74) is 14.9. The summed E-state index contributed by atoms with van der Waals surface area (Å²) in [7, 11) is 0.622. The number of nitrogens with zero attached hydrogens (tertiary/aromatic N) is 2. The van der Waals surface area contributed by atoms with E-state index in [-0.39, 0.29) is 0 Å². The minimum absolute atomic E-state index is 0.528. The maximum absolute atomic E-state index is 8.14. The third kappa shape index (κ3) is 8.77. The average molecular weight is 464 g/mol. The van der Waals surface area contributed by atoms with Crippen molar-refractivity contribution in [2.24, 2.45) is 0 Å². The largest absolute Gasteiger partial charge is 0.569 e. The van der Waals surface area contributed by atoms with E-state index in [1.54, 1.807) is 24.5 Å². The number of nitrogen functional groups attached to an aromatic ring is 2. The number of aromatic nitrogens is 2. The van der Waals surface area contributed by atoms with Gasteiger partial charge in [0.2, 0.25) is 0 Å². The molecular weight excluding hydrogens is 443 g/mol. The first kappa shape index (κ1) is 22.9. The molecule has 0 saturated carbocycles. The van der Waals surface area contributed by atoms with Crippen LogP contribution in [0.25, 0.3) is 11.1 Å². The molecule has 0 aliphatic rings. The van der Waals surface area contributed by atoms with Crippen LogP contribution < -0.4 is 16.1 Å². The van der Waals surface area contributed by atoms with Crippen molar-refractivity contribution in [3.05, 3.63) is 102 Å². The number of nitrogens with two attached hydrogens (primary N) is 2. The Hall–Kier alpha value is -3.36. The predicted octanol–water partition coefficient (Wildman–Crippen LogP) is 4.35. The molecule has 2 aromatic heterocycles. The topological polar surface area (TPSA) is 107 Å². The van der Waals surface area contributed by atoms with Gasteiger partial charge in [-0.05, 0) is 54.1 Å². The lowest BCUT2D eigenvalue weighted by Gasteiger charge is -2.00. The molecule has 0 unspecified atom stereocenters. The highest BCUT2D eigenvalue weighted by molar-refractivity contribution is 9.10. The molecule has 0 spiro atoms. The van der Waals surface area contributed by atoms with Crippen LogP contribution in [0, 0.1) is 0 Å². The van der Waals surface area contributed by atoms with E-state index in [0.29, 0.717) is 13.4 Å². The van der Waals surface area contributed by atoms with Gasteiger partial charge >= 0.3 is 7.69 Å². The fraction of sp³-hybridized carbons (Fsp3) is 0. The highest BCUT2D eigenvalue weighted by Gasteiger charge is 1.95. The Bertz CT molecular complexity index is 991. The van der Waals surface area contributed by atoms with Crippen LogP contribution in [-0.2, 0) is 0 Å². The molecule has 0 aliphatic carbocycles. The van der Waals surface area contributed by atoms with Crippen molar-refractivity contribution in [1.82, 2.24) is 9.97 Å². The molecule has 2 aromatic carbocycles. The number of halogens is 1. The SMILES string of the molecule is Nc1cccc(-c2cccnc2)c1.Nc1cccc(Br)c1.O[B]Oc1cccnc1. The van der Waals surface area contributed by atoms with E-state index >= 15 is 0 Å². The maximum Gasteiger partial charge on any atom is 0.569 e. The van der Waals surface area contributed by atoms with Gasteiger partial charge in [-0.25, -0.2) is 0 Å². The van der Waals surface area contributed by atoms with Gasteiger partial charge in [0, 0.05) is 40.0 Å². The molecule has 0 bridgehead atoms. The molecule has 151 valence electrons. The molecule has 2 heterocycles. The van der Waals surface area contributed by atoms with Crippen molar-refractivity contribution in [2.75, 3.05) is 11.5 Å². The molecule has 0 fully saturated rings. The van der Waals surface area contributed by atoms with Crippen LogP contribution in [0.5, 0.6) is 5.75 Å². The van der Waals surface area contributed by atoms with Crippen molar-refractivity contribution in [3.63, 3.8) is 0 Å². The standard InChI is InChI=1S/C11H10N2.C6H6BrN.C5H5BNO2/c12-11-5-1-3-9(7-11)10-4-2-6-13-8-10;7-5-2-1-3-6(8)4-5;8-6-9-5-2-1-3-7-4-5/h1-8H,12H2;1-4H,8H2;1-4,8H. The smallest absolute Gasteiger partial charge is 0.536 e. The van der Waals surface area contributed by atoms with Gasteiger partial charge in [0.05, 0.1) is 6.20 Å². The van der Waals surface area contributed by atoms with Gasteiger partial charge in [0.1, 0.15) is 5.75 Å². The first-order valence-electron chi connectivity index (χ1n) is 8.88. The lowest BCUT2D eigenvalue weighted by atomic mass is 10.1. The van der Waals surface area contributed by atoms with Crippen LogP contribution in [0.1, 0.15) is 0 Å². The van der Waals surface area contributed by atoms with Crippen molar-refractivity contribution in [2.45, 2.75) is 0 Å². The Labute approximate surface area is 185 Å². The molecule has 30 heavy (non-hydrogen) atoms.